The molecule has 4 heteroatoms. The van der Waals surface area contributed by atoms with Gasteiger partial charge >= 0.3 is 5.97 Å². The number of benzene rings is 1. The number of rotatable bonds is 2. The van der Waals surface area contributed by atoms with Crippen molar-refractivity contribution in [3.05, 3.63) is 58.8 Å². The number of fused-ring (bicyclic) bond motifs is 2. The molecule has 1 unspecified atom stereocenters. The SMILES string of the molecule is CCOC(=O)C1=c2cc(F)ccc2=C2C=CC=CC2O1. The fraction of sp³-hybridized carbons (Fsp3) is 0.188. The van der Waals surface area contributed by atoms with Crippen molar-refractivity contribution >= 4 is 17.3 Å². The number of allylic oxidation sites excluding steroid dienone is 2. The monoisotopic (exact) mass is 272 g/mol. The molecule has 0 saturated carbocycles. The van der Waals surface area contributed by atoms with Gasteiger partial charge in [-0.1, -0.05) is 24.3 Å². The summed E-state index contributed by atoms with van der Waals surface area (Å²) in [5, 5.41) is 1.24. The number of hydrogen-bond acceptors (Lipinski definition) is 3. The zero-order valence-electron chi connectivity index (χ0n) is 10.9. The summed E-state index contributed by atoms with van der Waals surface area (Å²) in [6.07, 6.45) is 7.16. The molecule has 0 fully saturated rings. The van der Waals surface area contributed by atoms with Crippen LogP contribution in [-0.4, -0.2) is 18.7 Å². The van der Waals surface area contributed by atoms with Gasteiger partial charge in [0.2, 0.25) is 5.76 Å². The van der Waals surface area contributed by atoms with E-state index in [1.54, 1.807) is 13.0 Å². The van der Waals surface area contributed by atoms with E-state index in [0.29, 0.717) is 5.22 Å². The lowest BCUT2D eigenvalue weighted by molar-refractivity contribution is -0.138. The van der Waals surface area contributed by atoms with Gasteiger partial charge in [0.1, 0.15) is 11.9 Å². The fourth-order valence-corrected chi connectivity index (χ4v) is 2.37. The zero-order chi connectivity index (χ0) is 14.1. The average molecular weight is 272 g/mol. The maximum Gasteiger partial charge on any atom is 0.374 e. The van der Waals surface area contributed by atoms with Gasteiger partial charge in [-0.2, -0.15) is 0 Å². The summed E-state index contributed by atoms with van der Waals surface area (Å²) in [6, 6.07) is 4.35. The van der Waals surface area contributed by atoms with Crippen molar-refractivity contribution in [2.45, 2.75) is 13.0 Å². The molecule has 3 nitrogen and oxygen atoms in total. The molecule has 0 bridgehead atoms. The van der Waals surface area contributed by atoms with E-state index in [0.717, 1.165) is 10.8 Å². The van der Waals surface area contributed by atoms with Crippen molar-refractivity contribution in [2.75, 3.05) is 6.61 Å². The van der Waals surface area contributed by atoms with E-state index >= 15 is 0 Å². The van der Waals surface area contributed by atoms with Crippen molar-refractivity contribution in [3.8, 4) is 0 Å². The quantitative estimate of drug-likeness (QED) is 0.758. The minimum Gasteiger partial charge on any atom is -0.474 e. The van der Waals surface area contributed by atoms with E-state index in [2.05, 4.69) is 0 Å². The van der Waals surface area contributed by atoms with Crippen LogP contribution in [0, 0.1) is 5.82 Å². The Labute approximate surface area is 115 Å². The lowest BCUT2D eigenvalue weighted by atomic mass is 9.98. The Morgan fingerprint density at radius 1 is 1.35 bits per heavy atom. The summed E-state index contributed by atoms with van der Waals surface area (Å²) in [6.45, 7) is 1.96. The van der Waals surface area contributed by atoms with Crippen LogP contribution in [0.25, 0.3) is 11.3 Å². The Balaban J connectivity index is 2.31. The van der Waals surface area contributed by atoms with Crippen LogP contribution < -0.4 is 10.4 Å². The summed E-state index contributed by atoms with van der Waals surface area (Å²) < 4.78 is 24.1. The number of ether oxygens (including phenoxy) is 2. The standard InChI is InChI=1S/C16H13FO3/c1-2-19-16(18)15-13-9-10(17)7-8-11(13)12-5-3-4-6-14(12)20-15/h3-9,14H,2H2,1H3. The molecule has 3 rings (SSSR count). The molecule has 0 saturated heterocycles. The first-order valence-electron chi connectivity index (χ1n) is 6.43. The Bertz CT molecular complexity index is 743. The number of hydrogen-bond donors (Lipinski definition) is 0. The third-order valence-corrected chi connectivity index (χ3v) is 3.22. The normalized spacial score (nSPS) is 19.2. The van der Waals surface area contributed by atoms with Gasteiger partial charge in [-0.3, -0.25) is 0 Å². The van der Waals surface area contributed by atoms with Gasteiger partial charge in [0, 0.05) is 10.8 Å². The molecular formula is C16H13FO3. The van der Waals surface area contributed by atoms with Crippen LogP contribution in [0.4, 0.5) is 4.39 Å². The highest BCUT2D eigenvalue weighted by Crippen LogP contribution is 2.21. The number of carbonyl (C=O) groups excluding carboxylic acids is 1. The maximum atomic E-state index is 13.5. The van der Waals surface area contributed by atoms with Crippen molar-refractivity contribution in [3.63, 3.8) is 0 Å². The summed E-state index contributed by atoms with van der Waals surface area (Å²) in [4.78, 5) is 12.0. The van der Waals surface area contributed by atoms with Crippen molar-refractivity contribution < 1.29 is 18.7 Å². The molecule has 0 aromatic heterocycles. The summed E-state index contributed by atoms with van der Waals surface area (Å²) in [5.41, 5.74) is 0.913. The minimum absolute atomic E-state index is 0.0649. The van der Waals surface area contributed by atoms with E-state index in [1.165, 1.54) is 12.1 Å². The van der Waals surface area contributed by atoms with Crippen LogP contribution in [0.3, 0.4) is 0 Å². The molecule has 20 heavy (non-hydrogen) atoms. The molecule has 1 aliphatic carbocycles. The lowest BCUT2D eigenvalue weighted by Gasteiger charge is -2.24. The fourth-order valence-electron chi connectivity index (χ4n) is 2.37. The molecule has 1 aliphatic heterocycles. The molecule has 1 aromatic carbocycles. The van der Waals surface area contributed by atoms with Gasteiger partial charge in [-0.25, -0.2) is 9.18 Å². The van der Waals surface area contributed by atoms with E-state index in [-0.39, 0.29) is 18.5 Å². The highest BCUT2D eigenvalue weighted by atomic mass is 19.1. The van der Waals surface area contributed by atoms with Crippen LogP contribution in [-0.2, 0) is 14.3 Å². The highest BCUT2D eigenvalue weighted by Gasteiger charge is 2.26. The Morgan fingerprint density at radius 2 is 2.20 bits per heavy atom. The van der Waals surface area contributed by atoms with E-state index < -0.39 is 11.8 Å². The van der Waals surface area contributed by atoms with Crippen molar-refractivity contribution in [2.24, 2.45) is 0 Å². The predicted octanol–water partition coefficient (Wildman–Crippen LogP) is 1.17. The van der Waals surface area contributed by atoms with Gasteiger partial charge in [0.15, 0.2) is 0 Å². The van der Waals surface area contributed by atoms with Crippen molar-refractivity contribution in [1.29, 1.82) is 0 Å². The van der Waals surface area contributed by atoms with E-state index in [4.69, 9.17) is 9.47 Å². The summed E-state index contributed by atoms with van der Waals surface area (Å²) in [5.74, 6) is -0.917. The van der Waals surface area contributed by atoms with Crippen LogP contribution >= 0.6 is 0 Å². The average Bonchev–Trinajstić information content (AvgIpc) is 2.46. The second-order valence-electron chi connectivity index (χ2n) is 4.48. The Morgan fingerprint density at radius 3 is 3.00 bits per heavy atom. The number of carbonyl (C=O) groups is 1. The second kappa shape index (κ2) is 4.96. The van der Waals surface area contributed by atoms with Crippen LogP contribution in [0.15, 0.2) is 42.5 Å². The third-order valence-electron chi connectivity index (χ3n) is 3.22. The van der Waals surface area contributed by atoms with Gasteiger partial charge < -0.3 is 9.47 Å². The molecule has 0 spiro atoms. The first-order valence-corrected chi connectivity index (χ1v) is 6.43. The second-order valence-corrected chi connectivity index (χ2v) is 4.48. The smallest absolute Gasteiger partial charge is 0.374 e. The number of esters is 1. The molecule has 0 N–H and O–H groups in total. The zero-order valence-corrected chi connectivity index (χ0v) is 10.9. The highest BCUT2D eigenvalue weighted by molar-refractivity contribution is 6.07. The van der Waals surface area contributed by atoms with Gasteiger partial charge in [-0.05, 0) is 30.4 Å². The topological polar surface area (TPSA) is 35.5 Å². The van der Waals surface area contributed by atoms with Crippen LogP contribution in [0.1, 0.15) is 6.92 Å². The molecule has 102 valence electrons. The molecule has 1 aromatic rings. The van der Waals surface area contributed by atoms with Gasteiger partial charge in [0.25, 0.3) is 0 Å². The van der Waals surface area contributed by atoms with Crippen molar-refractivity contribution in [1.82, 2.24) is 0 Å². The minimum atomic E-state index is -0.568. The van der Waals surface area contributed by atoms with E-state index in [9.17, 15) is 9.18 Å². The molecule has 0 amide bonds. The number of halogens is 1. The molecule has 2 aliphatic rings. The molecule has 1 heterocycles. The summed E-state index contributed by atoms with van der Waals surface area (Å²) >= 11 is 0. The molecule has 1 atom stereocenters. The van der Waals surface area contributed by atoms with Crippen LogP contribution in [0.5, 0.6) is 0 Å². The first-order chi connectivity index (χ1) is 9.70. The molecule has 0 radical (unpaired) electrons. The lowest BCUT2D eigenvalue weighted by Crippen LogP contribution is -2.41. The van der Waals surface area contributed by atoms with E-state index in [1.807, 2.05) is 24.3 Å². The largest absolute Gasteiger partial charge is 0.474 e. The molecular weight excluding hydrogens is 259 g/mol. The first kappa shape index (κ1) is 12.7. The van der Waals surface area contributed by atoms with Gasteiger partial charge in [0.05, 0.1) is 6.61 Å². The third kappa shape index (κ3) is 2.03. The predicted molar refractivity (Wildman–Crippen MR) is 72.3 cm³/mol. The van der Waals surface area contributed by atoms with Crippen LogP contribution in [0.2, 0.25) is 0 Å². The Kier molecular flexibility index (Phi) is 3.14. The maximum absolute atomic E-state index is 13.5. The van der Waals surface area contributed by atoms with Gasteiger partial charge in [-0.15, -0.1) is 0 Å². The summed E-state index contributed by atoms with van der Waals surface area (Å²) in [7, 11) is 0. The Hall–Kier alpha value is -2.36.